The maximum Gasteiger partial charge on any atom is 0.405 e. The molecule has 1 aromatic heterocycles. The molecule has 0 unspecified atom stereocenters. The molecule has 0 radical (unpaired) electrons. The van der Waals surface area contributed by atoms with Crippen molar-refractivity contribution >= 4 is 17.7 Å². The topological polar surface area (TPSA) is 136 Å². The van der Waals surface area contributed by atoms with Crippen molar-refractivity contribution in [3.05, 3.63) is 66.2 Å². The van der Waals surface area contributed by atoms with Gasteiger partial charge in [-0.15, -0.1) is 0 Å². The van der Waals surface area contributed by atoms with Crippen LogP contribution in [0.15, 0.2) is 60.7 Å². The lowest BCUT2D eigenvalue weighted by Crippen LogP contribution is -2.56. The van der Waals surface area contributed by atoms with Crippen molar-refractivity contribution in [2.24, 2.45) is 0 Å². The fourth-order valence-electron chi connectivity index (χ4n) is 4.74. The first-order valence-corrected chi connectivity index (χ1v) is 11.1. The molecule has 2 aliphatic rings. The van der Waals surface area contributed by atoms with Crippen molar-refractivity contribution in [2.45, 2.75) is 24.5 Å². The van der Waals surface area contributed by atoms with Gasteiger partial charge in [-0.2, -0.15) is 5.26 Å². The van der Waals surface area contributed by atoms with Crippen LogP contribution in [0.1, 0.15) is 18.4 Å². The van der Waals surface area contributed by atoms with Crippen LogP contribution in [0.4, 0.5) is 10.5 Å². The summed E-state index contributed by atoms with van der Waals surface area (Å²) < 4.78 is 5.61. The third-order valence-electron chi connectivity index (χ3n) is 6.43. The molecule has 2 amide bonds. The number of ether oxygens (including phenoxy) is 1. The molecule has 5 rings (SSSR count). The first-order valence-electron chi connectivity index (χ1n) is 11.1. The summed E-state index contributed by atoms with van der Waals surface area (Å²) in [6.07, 6.45) is -1.08. The number of rotatable bonds is 5. The number of anilines is 1. The number of fused-ring (bicyclic) bond motifs is 1. The average Bonchev–Trinajstić information content (AvgIpc) is 2.84. The van der Waals surface area contributed by atoms with E-state index in [9.17, 15) is 25.1 Å². The molecule has 1 saturated carbocycles. The molecular formula is C26H22N4O5. The molecule has 9 heteroatoms. The molecule has 0 atom stereocenters. The zero-order valence-electron chi connectivity index (χ0n) is 18.6. The summed E-state index contributed by atoms with van der Waals surface area (Å²) >= 11 is 0. The number of carbonyl (C=O) groups is 2. The fourth-order valence-corrected chi connectivity index (χ4v) is 4.74. The van der Waals surface area contributed by atoms with Crippen LogP contribution in [0, 0.1) is 11.3 Å². The van der Waals surface area contributed by atoms with E-state index in [1.54, 1.807) is 0 Å². The number of amides is 2. The van der Waals surface area contributed by atoms with E-state index >= 15 is 0 Å². The summed E-state index contributed by atoms with van der Waals surface area (Å²) in [7, 11) is 0. The monoisotopic (exact) mass is 470 g/mol. The van der Waals surface area contributed by atoms with Crippen molar-refractivity contribution in [3.63, 3.8) is 0 Å². The molecule has 35 heavy (non-hydrogen) atoms. The largest absolute Gasteiger partial charge is 0.466 e. The van der Waals surface area contributed by atoms with Crippen LogP contribution >= 0.6 is 0 Å². The van der Waals surface area contributed by atoms with Crippen LogP contribution in [-0.2, 0) is 10.3 Å². The normalized spacial score (nSPS) is 20.7. The van der Waals surface area contributed by atoms with Gasteiger partial charge in [0, 0.05) is 24.0 Å². The first-order chi connectivity index (χ1) is 16.9. The van der Waals surface area contributed by atoms with Gasteiger partial charge < -0.3 is 20.3 Å². The lowest BCUT2D eigenvalue weighted by molar-refractivity contribution is -0.121. The molecule has 3 aromatic rings. The summed E-state index contributed by atoms with van der Waals surface area (Å²) in [6.45, 7) is -0.305. The van der Waals surface area contributed by atoms with Gasteiger partial charge in [0.2, 0.25) is 5.88 Å². The second-order valence-electron chi connectivity index (χ2n) is 8.65. The Balaban J connectivity index is 1.60. The van der Waals surface area contributed by atoms with Gasteiger partial charge in [-0.1, -0.05) is 54.6 Å². The van der Waals surface area contributed by atoms with Crippen LogP contribution in [0.5, 0.6) is 5.88 Å². The minimum atomic E-state index is -1.14. The van der Waals surface area contributed by atoms with Gasteiger partial charge in [0.05, 0.1) is 23.4 Å². The van der Waals surface area contributed by atoms with Crippen LogP contribution in [0.3, 0.4) is 0 Å². The highest BCUT2D eigenvalue weighted by Gasteiger charge is 2.46. The second kappa shape index (κ2) is 8.74. The molecule has 0 bridgehead atoms. The summed E-state index contributed by atoms with van der Waals surface area (Å²) in [5.41, 5.74) is 3.41. The maximum absolute atomic E-state index is 12.4. The van der Waals surface area contributed by atoms with Crippen molar-refractivity contribution in [1.29, 1.82) is 5.26 Å². The molecule has 1 fully saturated rings. The molecule has 9 nitrogen and oxygen atoms in total. The molecule has 0 spiro atoms. The molecule has 1 aliphatic heterocycles. The number of nitriles is 1. The smallest absolute Gasteiger partial charge is 0.405 e. The molecule has 0 saturated heterocycles. The summed E-state index contributed by atoms with van der Waals surface area (Å²) in [5, 5.41) is 30.9. The van der Waals surface area contributed by atoms with Gasteiger partial charge in [-0.05, 0) is 17.2 Å². The van der Waals surface area contributed by atoms with E-state index in [2.05, 4.69) is 5.32 Å². The van der Waals surface area contributed by atoms with Crippen LogP contribution in [-0.4, -0.2) is 46.5 Å². The quantitative estimate of drug-likeness (QED) is 0.487. The predicted octanol–water partition coefficient (Wildman–Crippen LogP) is 3.28. The molecule has 2 aromatic carbocycles. The number of hydrogen-bond acceptors (Lipinski definition) is 6. The Morgan fingerprint density at radius 2 is 1.89 bits per heavy atom. The van der Waals surface area contributed by atoms with Crippen molar-refractivity contribution in [1.82, 2.24) is 10.3 Å². The first kappa shape index (κ1) is 22.4. The lowest BCUT2D eigenvalue weighted by Gasteiger charge is -2.45. The highest BCUT2D eigenvalue weighted by atomic mass is 16.5. The van der Waals surface area contributed by atoms with Gasteiger partial charge in [-0.25, -0.2) is 9.78 Å². The van der Waals surface area contributed by atoms with Crippen molar-refractivity contribution in [3.8, 4) is 34.3 Å². The van der Waals surface area contributed by atoms with Gasteiger partial charge in [0.15, 0.2) is 6.61 Å². The van der Waals surface area contributed by atoms with Gasteiger partial charge in [0.25, 0.3) is 5.91 Å². The number of carbonyl (C=O) groups excluding carboxylic acids is 1. The lowest BCUT2D eigenvalue weighted by atomic mass is 9.69. The Morgan fingerprint density at radius 1 is 1.17 bits per heavy atom. The molecule has 3 N–H and O–H groups in total. The Hall–Kier alpha value is -4.42. The third kappa shape index (κ3) is 4.05. The summed E-state index contributed by atoms with van der Waals surface area (Å²) in [4.78, 5) is 29.8. The number of benzene rings is 2. The maximum atomic E-state index is 12.4. The Morgan fingerprint density at radius 3 is 2.51 bits per heavy atom. The van der Waals surface area contributed by atoms with Crippen LogP contribution < -0.4 is 15.0 Å². The van der Waals surface area contributed by atoms with E-state index in [4.69, 9.17) is 9.72 Å². The number of aromatic nitrogens is 1. The average molecular weight is 470 g/mol. The molecular weight excluding hydrogens is 448 g/mol. The standard InChI is InChI=1S/C26H22N4O5/c27-10-11-30-21-12-20(16-4-2-1-3-5-16)23(28-24(21)35-15-22(30)32)17-6-8-18(9-7-17)26(29-25(33)34)13-19(31)14-26/h1-9,12,19,29,31H,11,13-15H2,(H,33,34)/t19-,26-. The van der Waals surface area contributed by atoms with Crippen LogP contribution in [0.25, 0.3) is 22.4 Å². The number of pyridine rings is 1. The van der Waals surface area contributed by atoms with E-state index in [0.717, 1.165) is 22.3 Å². The number of aliphatic hydroxyl groups is 1. The van der Waals surface area contributed by atoms with Gasteiger partial charge in [-0.3, -0.25) is 9.69 Å². The SMILES string of the molecule is N#CCN1C(=O)COc2nc(-c3ccc([C@]4(NC(=O)O)C[C@H](O)C4)cc3)c(-c3ccccc3)cc21. The highest BCUT2D eigenvalue weighted by molar-refractivity contribution is 5.99. The summed E-state index contributed by atoms with van der Waals surface area (Å²) in [6, 6.07) is 20.8. The van der Waals surface area contributed by atoms with Gasteiger partial charge >= 0.3 is 6.09 Å². The third-order valence-corrected chi connectivity index (χ3v) is 6.43. The van der Waals surface area contributed by atoms with E-state index in [0.29, 0.717) is 24.2 Å². The van der Waals surface area contributed by atoms with E-state index in [-0.39, 0.29) is 24.9 Å². The van der Waals surface area contributed by atoms with E-state index in [1.807, 2.05) is 66.7 Å². The molecule has 1 aliphatic carbocycles. The zero-order chi connectivity index (χ0) is 24.6. The highest BCUT2D eigenvalue weighted by Crippen LogP contribution is 2.43. The number of hydrogen-bond donors (Lipinski definition) is 3. The van der Waals surface area contributed by atoms with E-state index in [1.165, 1.54) is 4.90 Å². The number of nitrogens with zero attached hydrogens (tertiary/aromatic N) is 3. The number of carboxylic acid groups (broad SMARTS) is 1. The molecule has 176 valence electrons. The zero-order valence-corrected chi connectivity index (χ0v) is 18.6. The van der Waals surface area contributed by atoms with Crippen molar-refractivity contribution in [2.75, 3.05) is 18.1 Å². The Kier molecular flexibility index (Phi) is 5.59. The molecule has 2 heterocycles. The van der Waals surface area contributed by atoms with Gasteiger partial charge in [0.1, 0.15) is 12.2 Å². The fraction of sp³-hybridized carbons (Fsp3) is 0.231. The van der Waals surface area contributed by atoms with Crippen molar-refractivity contribution < 1.29 is 24.5 Å². The Bertz CT molecular complexity index is 1330. The Labute approximate surface area is 201 Å². The van der Waals surface area contributed by atoms with Crippen LogP contribution in [0.2, 0.25) is 0 Å². The second-order valence-corrected chi connectivity index (χ2v) is 8.65. The summed E-state index contributed by atoms with van der Waals surface area (Å²) in [5.74, 6) is -0.0411. The minimum Gasteiger partial charge on any atom is -0.466 e. The number of nitrogens with one attached hydrogen (secondary N) is 1. The predicted molar refractivity (Wildman–Crippen MR) is 127 cm³/mol. The van der Waals surface area contributed by atoms with E-state index < -0.39 is 17.7 Å². The number of aliphatic hydroxyl groups excluding tert-OH is 1. The minimum absolute atomic E-state index is 0.107.